The van der Waals surface area contributed by atoms with Gasteiger partial charge in [0.05, 0.1) is 30.4 Å². The SMILES string of the molecule is COc1ccc(/C=N/NC(=O)c2ccccc2O)cc1Cn1cc([N+](=O)[O-])cn1. The van der Waals surface area contributed by atoms with Crippen molar-refractivity contribution in [3.8, 4) is 11.5 Å². The molecule has 0 aliphatic rings. The first-order valence-electron chi connectivity index (χ1n) is 8.43. The van der Waals surface area contributed by atoms with Crippen molar-refractivity contribution in [2.24, 2.45) is 5.10 Å². The van der Waals surface area contributed by atoms with E-state index < -0.39 is 10.8 Å². The number of aromatic nitrogens is 2. The van der Waals surface area contributed by atoms with Crippen LogP contribution in [0.1, 0.15) is 21.5 Å². The molecule has 0 radical (unpaired) electrons. The molecular weight excluding hydrogens is 378 g/mol. The van der Waals surface area contributed by atoms with Crippen LogP contribution in [0.15, 0.2) is 60.0 Å². The number of carbonyl (C=O) groups is 1. The van der Waals surface area contributed by atoms with E-state index in [1.54, 1.807) is 30.3 Å². The molecule has 0 saturated carbocycles. The minimum Gasteiger partial charge on any atom is -0.507 e. The maximum Gasteiger partial charge on any atom is 0.307 e. The molecule has 0 bridgehead atoms. The van der Waals surface area contributed by atoms with E-state index in [1.165, 1.54) is 42.5 Å². The second-order valence-corrected chi connectivity index (χ2v) is 5.94. The fourth-order valence-corrected chi connectivity index (χ4v) is 2.60. The van der Waals surface area contributed by atoms with Crippen LogP contribution in [0.4, 0.5) is 5.69 Å². The van der Waals surface area contributed by atoms with Gasteiger partial charge in [0.1, 0.15) is 23.9 Å². The Labute approximate surface area is 165 Å². The van der Waals surface area contributed by atoms with Crippen LogP contribution in [-0.2, 0) is 6.54 Å². The van der Waals surface area contributed by atoms with E-state index in [2.05, 4.69) is 15.6 Å². The van der Waals surface area contributed by atoms with Crippen molar-refractivity contribution < 1.29 is 19.6 Å². The molecule has 0 spiro atoms. The summed E-state index contributed by atoms with van der Waals surface area (Å²) in [5, 5.41) is 28.4. The lowest BCUT2D eigenvalue weighted by atomic mass is 10.1. The summed E-state index contributed by atoms with van der Waals surface area (Å²) in [7, 11) is 1.52. The summed E-state index contributed by atoms with van der Waals surface area (Å²) in [5.74, 6) is -0.101. The van der Waals surface area contributed by atoms with Crippen molar-refractivity contribution in [3.05, 3.63) is 81.7 Å². The van der Waals surface area contributed by atoms with Crippen LogP contribution >= 0.6 is 0 Å². The standard InChI is InChI=1S/C19H17N5O5/c1-29-18-7-6-13(8-14(18)11-23-12-15(10-21-23)24(27)28)9-20-22-19(26)16-4-2-3-5-17(16)25/h2-10,12,25H,11H2,1H3,(H,22,26)/b20-9+. The number of hydrogen-bond acceptors (Lipinski definition) is 7. The third kappa shape index (κ3) is 4.75. The van der Waals surface area contributed by atoms with Crippen molar-refractivity contribution in [1.29, 1.82) is 0 Å². The monoisotopic (exact) mass is 395 g/mol. The smallest absolute Gasteiger partial charge is 0.307 e. The van der Waals surface area contributed by atoms with Gasteiger partial charge in [0, 0.05) is 5.56 Å². The number of phenolic OH excluding ortho intramolecular Hbond substituents is 1. The molecule has 2 N–H and O–H groups in total. The van der Waals surface area contributed by atoms with Crippen LogP contribution in [0.25, 0.3) is 0 Å². The summed E-state index contributed by atoms with van der Waals surface area (Å²) in [6.45, 7) is 0.253. The highest BCUT2D eigenvalue weighted by Gasteiger charge is 2.12. The summed E-state index contributed by atoms with van der Waals surface area (Å²) in [5.41, 5.74) is 3.75. The minimum atomic E-state index is -0.545. The molecule has 0 atom stereocenters. The third-order valence-corrected chi connectivity index (χ3v) is 4.00. The number of rotatable bonds is 7. The van der Waals surface area contributed by atoms with Gasteiger partial charge in [-0.3, -0.25) is 19.6 Å². The van der Waals surface area contributed by atoms with Gasteiger partial charge in [-0.1, -0.05) is 12.1 Å². The molecule has 0 saturated heterocycles. The van der Waals surface area contributed by atoms with Crippen LogP contribution in [-0.4, -0.2) is 39.0 Å². The van der Waals surface area contributed by atoms with Crippen molar-refractivity contribution in [3.63, 3.8) is 0 Å². The van der Waals surface area contributed by atoms with Crippen LogP contribution in [0.2, 0.25) is 0 Å². The highest BCUT2D eigenvalue weighted by atomic mass is 16.6. The number of ether oxygens (including phenoxy) is 1. The molecule has 3 rings (SSSR count). The molecular formula is C19H17N5O5. The van der Waals surface area contributed by atoms with Crippen LogP contribution in [0.3, 0.4) is 0 Å². The van der Waals surface area contributed by atoms with Gasteiger partial charge in [-0.15, -0.1) is 0 Å². The van der Waals surface area contributed by atoms with Crippen molar-refractivity contribution in [2.75, 3.05) is 7.11 Å². The summed E-state index contributed by atoms with van der Waals surface area (Å²) < 4.78 is 6.75. The average Bonchev–Trinajstić information content (AvgIpc) is 3.17. The summed E-state index contributed by atoms with van der Waals surface area (Å²) in [4.78, 5) is 22.3. The van der Waals surface area contributed by atoms with Gasteiger partial charge in [-0.05, 0) is 35.9 Å². The molecule has 0 fully saturated rings. The number of nitrogens with one attached hydrogen (secondary N) is 1. The molecule has 29 heavy (non-hydrogen) atoms. The van der Waals surface area contributed by atoms with Gasteiger partial charge in [-0.2, -0.15) is 10.2 Å². The quantitative estimate of drug-likeness (QED) is 0.358. The lowest BCUT2D eigenvalue weighted by molar-refractivity contribution is -0.385. The molecule has 3 aromatic rings. The van der Waals surface area contributed by atoms with E-state index in [0.29, 0.717) is 11.3 Å². The predicted octanol–water partition coefficient (Wildman–Crippen LogP) is 2.32. The minimum absolute atomic E-state index is 0.103. The Bertz CT molecular complexity index is 1080. The van der Waals surface area contributed by atoms with Crippen molar-refractivity contribution >= 4 is 17.8 Å². The van der Waals surface area contributed by atoms with Gasteiger partial charge in [0.2, 0.25) is 0 Å². The number of aromatic hydroxyl groups is 1. The lowest BCUT2D eigenvalue weighted by Crippen LogP contribution is -2.17. The highest BCUT2D eigenvalue weighted by molar-refractivity contribution is 5.97. The lowest BCUT2D eigenvalue weighted by Gasteiger charge is -2.09. The molecule has 1 heterocycles. The summed E-state index contributed by atoms with van der Waals surface area (Å²) >= 11 is 0. The van der Waals surface area contributed by atoms with E-state index >= 15 is 0 Å². The zero-order chi connectivity index (χ0) is 20.8. The number of hydrogen-bond donors (Lipinski definition) is 2. The fourth-order valence-electron chi connectivity index (χ4n) is 2.60. The van der Waals surface area contributed by atoms with Gasteiger partial charge in [0.25, 0.3) is 5.91 Å². The molecule has 10 heteroatoms. The number of phenols is 1. The fraction of sp³-hybridized carbons (Fsp3) is 0.105. The maximum absolute atomic E-state index is 12.1. The Hall–Kier alpha value is -4.21. The highest BCUT2D eigenvalue weighted by Crippen LogP contribution is 2.21. The summed E-state index contributed by atoms with van der Waals surface area (Å²) in [6.07, 6.45) is 3.94. The van der Waals surface area contributed by atoms with Crippen molar-refractivity contribution in [2.45, 2.75) is 6.54 Å². The maximum atomic E-state index is 12.1. The number of amides is 1. The van der Waals surface area contributed by atoms with Crippen molar-refractivity contribution in [1.82, 2.24) is 15.2 Å². The number of nitrogens with zero attached hydrogens (tertiary/aromatic N) is 4. The Morgan fingerprint density at radius 3 is 2.86 bits per heavy atom. The second kappa shape index (κ2) is 8.65. The molecule has 1 aromatic heterocycles. The molecule has 1 amide bonds. The third-order valence-electron chi connectivity index (χ3n) is 4.00. The molecule has 10 nitrogen and oxygen atoms in total. The van der Waals surface area contributed by atoms with E-state index in [1.807, 2.05) is 0 Å². The molecule has 148 valence electrons. The number of benzene rings is 2. The van der Waals surface area contributed by atoms with Crippen LogP contribution in [0.5, 0.6) is 11.5 Å². The van der Waals surface area contributed by atoms with Gasteiger partial charge < -0.3 is 9.84 Å². The van der Waals surface area contributed by atoms with Gasteiger partial charge in [-0.25, -0.2) is 5.43 Å². The van der Waals surface area contributed by atoms with E-state index in [4.69, 9.17) is 4.74 Å². The van der Waals surface area contributed by atoms with Gasteiger partial charge >= 0.3 is 5.69 Å². The molecule has 0 aliphatic heterocycles. The van der Waals surface area contributed by atoms with Crippen LogP contribution in [0, 0.1) is 10.1 Å². The number of hydrazone groups is 1. The van der Waals surface area contributed by atoms with E-state index in [0.717, 1.165) is 5.56 Å². The Morgan fingerprint density at radius 2 is 2.17 bits per heavy atom. The largest absolute Gasteiger partial charge is 0.507 e. The molecule has 0 unspecified atom stereocenters. The predicted molar refractivity (Wildman–Crippen MR) is 104 cm³/mol. The number of carbonyl (C=O) groups excluding carboxylic acids is 1. The summed E-state index contributed by atoms with van der Waals surface area (Å²) in [6, 6.07) is 11.4. The number of methoxy groups -OCH3 is 1. The first-order valence-corrected chi connectivity index (χ1v) is 8.43. The first-order chi connectivity index (χ1) is 14.0. The average molecular weight is 395 g/mol. The zero-order valence-electron chi connectivity index (χ0n) is 15.3. The Morgan fingerprint density at radius 1 is 1.38 bits per heavy atom. The normalized spacial score (nSPS) is 10.8. The Kier molecular flexibility index (Phi) is 5.83. The topological polar surface area (TPSA) is 132 Å². The van der Waals surface area contributed by atoms with Gasteiger partial charge in [0.15, 0.2) is 0 Å². The van der Waals surface area contributed by atoms with E-state index in [9.17, 15) is 20.0 Å². The Balaban J connectivity index is 1.73. The molecule has 0 aliphatic carbocycles. The van der Waals surface area contributed by atoms with Crippen LogP contribution < -0.4 is 10.2 Å². The zero-order valence-corrected chi connectivity index (χ0v) is 15.3. The van der Waals surface area contributed by atoms with E-state index in [-0.39, 0.29) is 23.5 Å². The number of para-hydroxylation sites is 1. The second-order valence-electron chi connectivity index (χ2n) is 5.94. The first kappa shape index (κ1) is 19.5. The number of nitro groups is 1. The molecule has 2 aromatic carbocycles.